The van der Waals surface area contributed by atoms with Crippen LogP contribution in [-0.4, -0.2) is 24.6 Å². The molecular formula is C12H16N2O2. The molecule has 0 atom stereocenters. The maximum atomic E-state index is 10.9. The number of aryl methyl sites for hydroxylation is 2. The molecule has 2 rings (SSSR count). The van der Waals surface area contributed by atoms with Crippen molar-refractivity contribution < 1.29 is 9.53 Å². The van der Waals surface area contributed by atoms with Crippen LogP contribution in [0.5, 0.6) is 0 Å². The van der Waals surface area contributed by atoms with Crippen molar-refractivity contribution in [3.05, 3.63) is 23.4 Å². The number of ether oxygens (including phenoxy) is 1. The number of nitrogens with zero attached hydrogens (tertiary/aromatic N) is 1. The second kappa shape index (κ2) is 4.96. The van der Waals surface area contributed by atoms with Gasteiger partial charge in [-0.15, -0.1) is 0 Å². The number of methoxy groups -OCH3 is 1. The molecule has 0 aromatic carbocycles. The summed E-state index contributed by atoms with van der Waals surface area (Å²) in [7, 11) is 1.40. The fourth-order valence-corrected chi connectivity index (χ4v) is 1.91. The third-order valence-electron chi connectivity index (χ3n) is 2.79. The van der Waals surface area contributed by atoms with E-state index in [9.17, 15) is 4.79 Å². The van der Waals surface area contributed by atoms with Crippen LogP contribution >= 0.6 is 0 Å². The molecular weight excluding hydrogens is 204 g/mol. The van der Waals surface area contributed by atoms with E-state index in [1.807, 2.05) is 6.07 Å². The molecule has 1 aliphatic rings. The molecule has 0 fully saturated rings. The number of esters is 1. The van der Waals surface area contributed by atoms with E-state index in [1.165, 1.54) is 24.8 Å². The van der Waals surface area contributed by atoms with Crippen LogP contribution in [0.3, 0.4) is 0 Å². The highest BCUT2D eigenvalue weighted by Gasteiger charge is 2.12. The number of anilines is 1. The zero-order chi connectivity index (χ0) is 11.4. The average Bonchev–Trinajstić information content (AvgIpc) is 2.76. The van der Waals surface area contributed by atoms with Crippen molar-refractivity contribution in [2.45, 2.75) is 25.7 Å². The standard InChI is InChI=1S/C12H16N2O2/c1-16-12(15)7-8-13-11-6-5-9-3-2-4-10(9)14-11/h5-6H,2-4,7-8H2,1H3,(H,13,14). The number of fused-ring (bicyclic) bond motifs is 1. The second-order valence-corrected chi connectivity index (χ2v) is 3.91. The van der Waals surface area contributed by atoms with Crippen molar-refractivity contribution in [2.75, 3.05) is 19.0 Å². The fraction of sp³-hybridized carbons (Fsp3) is 0.500. The Bertz CT molecular complexity index is 391. The Morgan fingerprint density at radius 1 is 1.50 bits per heavy atom. The van der Waals surface area contributed by atoms with Gasteiger partial charge in [-0.1, -0.05) is 6.07 Å². The molecule has 86 valence electrons. The Labute approximate surface area is 95.0 Å². The summed E-state index contributed by atoms with van der Waals surface area (Å²) in [6, 6.07) is 4.09. The van der Waals surface area contributed by atoms with E-state index in [2.05, 4.69) is 21.1 Å². The molecule has 4 heteroatoms. The normalized spacial score (nSPS) is 13.3. The highest BCUT2D eigenvalue weighted by molar-refractivity contribution is 5.69. The van der Waals surface area contributed by atoms with E-state index in [4.69, 9.17) is 0 Å². The minimum Gasteiger partial charge on any atom is -0.469 e. The minimum atomic E-state index is -0.200. The predicted octanol–water partition coefficient (Wildman–Crippen LogP) is 1.55. The van der Waals surface area contributed by atoms with Crippen LogP contribution < -0.4 is 5.32 Å². The third-order valence-corrected chi connectivity index (χ3v) is 2.79. The molecule has 0 unspecified atom stereocenters. The van der Waals surface area contributed by atoms with Crippen molar-refractivity contribution in [1.82, 2.24) is 4.98 Å². The maximum Gasteiger partial charge on any atom is 0.307 e. The first-order chi connectivity index (χ1) is 7.79. The number of rotatable bonds is 4. The number of pyridine rings is 1. The molecule has 0 aliphatic heterocycles. The molecule has 1 heterocycles. The van der Waals surface area contributed by atoms with Gasteiger partial charge in [0.25, 0.3) is 0 Å². The summed E-state index contributed by atoms with van der Waals surface area (Å²) in [6.45, 7) is 0.568. The third kappa shape index (κ3) is 2.51. The van der Waals surface area contributed by atoms with Gasteiger partial charge >= 0.3 is 5.97 Å². The van der Waals surface area contributed by atoms with Crippen LogP contribution in [-0.2, 0) is 22.4 Å². The smallest absolute Gasteiger partial charge is 0.307 e. The van der Waals surface area contributed by atoms with Gasteiger partial charge in [0.1, 0.15) is 5.82 Å². The van der Waals surface area contributed by atoms with Crippen LogP contribution in [0, 0.1) is 0 Å². The average molecular weight is 220 g/mol. The van der Waals surface area contributed by atoms with Gasteiger partial charge in [0.2, 0.25) is 0 Å². The van der Waals surface area contributed by atoms with E-state index >= 15 is 0 Å². The number of aromatic nitrogens is 1. The van der Waals surface area contributed by atoms with Crippen molar-refractivity contribution in [3.63, 3.8) is 0 Å². The first-order valence-electron chi connectivity index (χ1n) is 5.59. The fourth-order valence-electron chi connectivity index (χ4n) is 1.91. The Hall–Kier alpha value is -1.58. The van der Waals surface area contributed by atoms with Crippen LogP contribution in [0.15, 0.2) is 12.1 Å². The summed E-state index contributed by atoms with van der Waals surface area (Å²) >= 11 is 0. The number of hydrogen-bond acceptors (Lipinski definition) is 4. The molecule has 0 radical (unpaired) electrons. The zero-order valence-electron chi connectivity index (χ0n) is 9.45. The quantitative estimate of drug-likeness (QED) is 0.782. The van der Waals surface area contributed by atoms with Gasteiger partial charge in [0.05, 0.1) is 13.5 Å². The number of carbonyl (C=O) groups is 1. The number of nitrogens with one attached hydrogen (secondary N) is 1. The van der Waals surface area contributed by atoms with Gasteiger partial charge in [-0.25, -0.2) is 4.98 Å². The van der Waals surface area contributed by atoms with Gasteiger partial charge < -0.3 is 10.1 Å². The SMILES string of the molecule is COC(=O)CCNc1ccc2c(n1)CCC2. The van der Waals surface area contributed by atoms with E-state index in [0.717, 1.165) is 18.7 Å². The largest absolute Gasteiger partial charge is 0.469 e. The van der Waals surface area contributed by atoms with Gasteiger partial charge in [-0.2, -0.15) is 0 Å². The van der Waals surface area contributed by atoms with E-state index in [0.29, 0.717) is 13.0 Å². The van der Waals surface area contributed by atoms with Crippen molar-refractivity contribution in [1.29, 1.82) is 0 Å². The summed E-state index contributed by atoms with van der Waals surface area (Å²) in [5, 5.41) is 3.13. The van der Waals surface area contributed by atoms with Gasteiger partial charge in [0, 0.05) is 12.2 Å². The molecule has 0 saturated carbocycles. The zero-order valence-corrected chi connectivity index (χ0v) is 9.45. The monoisotopic (exact) mass is 220 g/mol. The Morgan fingerprint density at radius 3 is 3.19 bits per heavy atom. The summed E-state index contributed by atoms with van der Waals surface area (Å²) in [6.07, 6.45) is 3.79. The molecule has 1 aromatic heterocycles. The number of hydrogen-bond donors (Lipinski definition) is 1. The summed E-state index contributed by atoms with van der Waals surface area (Å²) in [4.78, 5) is 15.4. The lowest BCUT2D eigenvalue weighted by atomic mass is 10.2. The molecule has 0 bridgehead atoms. The second-order valence-electron chi connectivity index (χ2n) is 3.91. The van der Waals surface area contributed by atoms with Crippen LogP contribution in [0.25, 0.3) is 0 Å². The highest BCUT2D eigenvalue weighted by atomic mass is 16.5. The first-order valence-corrected chi connectivity index (χ1v) is 5.59. The lowest BCUT2D eigenvalue weighted by Crippen LogP contribution is -2.10. The van der Waals surface area contributed by atoms with E-state index < -0.39 is 0 Å². The first kappa shape index (κ1) is 10.9. The lowest BCUT2D eigenvalue weighted by Gasteiger charge is -2.06. The molecule has 1 aliphatic carbocycles. The lowest BCUT2D eigenvalue weighted by molar-refractivity contribution is -0.140. The topological polar surface area (TPSA) is 51.2 Å². The molecule has 0 saturated heterocycles. The Balaban J connectivity index is 1.88. The van der Waals surface area contributed by atoms with Gasteiger partial charge in [0.15, 0.2) is 0 Å². The molecule has 4 nitrogen and oxygen atoms in total. The Kier molecular flexibility index (Phi) is 3.39. The van der Waals surface area contributed by atoms with Crippen molar-refractivity contribution in [3.8, 4) is 0 Å². The summed E-state index contributed by atoms with van der Waals surface area (Å²) < 4.78 is 4.56. The number of carbonyl (C=O) groups excluding carboxylic acids is 1. The molecule has 1 aromatic rings. The van der Waals surface area contributed by atoms with Crippen LogP contribution in [0.1, 0.15) is 24.1 Å². The summed E-state index contributed by atoms with van der Waals surface area (Å²) in [5.74, 6) is 0.651. The van der Waals surface area contributed by atoms with E-state index in [1.54, 1.807) is 0 Å². The molecule has 16 heavy (non-hydrogen) atoms. The highest BCUT2D eigenvalue weighted by Crippen LogP contribution is 2.21. The molecule has 1 N–H and O–H groups in total. The minimum absolute atomic E-state index is 0.200. The van der Waals surface area contributed by atoms with E-state index in [-0.39, 0.29) is 5.97 Å². The molecule has 0 spiro atoms. The van der Waals surface area contributed by atoms with Gasteiger partial charge in [-0.05, 0) is 30.9 Å². The van der Waals surface area contributed by atoms with Crippen LogP contribution in [0.2, 0.25) is 0 Å². The maximum absolute atomic E-state index is 10.9. The van der Waals surface area contributed by atoms with Crippen LogP contribution in [0.4, 0.5) is 5.82 Å². The van der Waals surface area contributed by atoms with Crippen molar-refractivity contribution >= 4 is 11.8 Å². The Morgan fingerprint density at radius 2 is 2.38 bits per heavy atom. The van der Waals surface area contributed by atoms with Gasteiger partial charge in [-0.3, -0.25) is 4.79 Å². The molecule has 0 amide bonds. The van der Waals surface area contributed by atoms with Crippen molar-refractivity contribution in [2.24, 2.45) is 0 Å². The predicted molar refractivity (Wildman–Crippen MR) is 61.4 cm³/mol. The summed E-state index contributed by atoms with van der Waals surface area (Å²) in [5.41, 5.74) is 2.56.